The van der Waals surface area contributed by atoms with Crippen molar-refractivity contribution in [3.63, 3.8) is 0 Å². The fraction of sp³-hybridized carbons (Fsp3) is 0.355. The van der Waals surface area contributed by atoms with Crippen molar-refractivity contribution in [3.05, 3.63) is 95.0 Å². The first-order chi connectivity index (χ1) is 20.0. The molecule has 0 aliphatic carbocycles. The molecular weight excluding hydrogens is 603 g/mol. The Morgan fingerprint density at radius 2 is 1.51 bits per heavy atom. The predicted molar refractivity (Wildman–Crippen MR) is 161 cm³/mol. The number of alkyl halides is 3. The van der Waals surface area contributed by atoms with Crippen LogP contribution in [0.3, 0.4) is 0 Å². The fourth-order valence-electron chi connectivity index (χ4n) is 4.46. The Morgan fingerprint density at radius 3 is 2.05 bits per heavy atom. The number of hydrogen-bond donors (Lipinski definition) is 1. The average molecular weight is 638 g/mol. The largest absolute Gasteiger partial charge is 0.416 e. The zero-order chi connectivity index (χ0) is 32.0. The molecule has 1 unspecified atom stereocenters. The first kappa shape index (κ1) is 33.9. The Bertz CT molecular complexity index is 1510. The molecule has 0 spiro atoms. The first-order valence-electron chi connectivity index (χ1n) is 13.6. The Labute approximate surface area is 255 Å². The number of amides is 2. The summed E-state index contributed by atoms with van der Waals surface area (Å²) in [5, 5.41) is 2.57. The van der Waals surface area contributed by atoms with Crippen LogP contribution in [0.2, 0.25) is 5.02 Å². The molecule has 3 aromatic rings. The van der Waals surface area contributed by atoms with Gasteiger partial charge >= 0.3 is 6.18 Å². The minimum Gasteiger partial charge on any atom is -0.350 e. The highest BCUT2D eigenvalue weighted by Crippen LogP contribution is 2.37. The maximum Gasteiger partial charge on any atom is 0.416 e. The Kier molecular flexibility index (Phi) is 10.9. The van der Waals surface area contributed by atoms with Gasteiger partial charge in [0.05, 0.1) is 21.2 Å². The minimum absolute atomic E-state index is 0.0501. The van der Waals surface area contributed by atoms with Crippen LogP contribution in [-0.4, -0.2) is 49.8 Å². The van der Waals surface area contributed by atoms with Gasteiger partial charge in [-0.2, -0.15) is 13.2 Å². The van der Waals surface area contributed by atoms with Crippen LogP contribution in [0.4, 0.5) is 18.9 Å². The molecule has 0 saturated heterocycles. The van der Waals surface area contributed by atoms with Crippen LogP contribution in [0.1, 0.15) is 45.2 Å². The molecule has 3 rings (SSSR count). The number of nitrogens with zero attached hydrogens (tertiary/aromatic N) is 2. The van der Waals surface area contributed by atoms with Gasteiger partial charge in [-0.3, -0.25) is 13.9 Å². The normalized spacial score (nSPS) is 12.8. The molecule has 1 N–H and O–H groups in total. The van der Waals surface area contributed by atoms with Crippen molar-refractivity contribution < 1.29 is 31.2 Å². The van der Waals surface area contributed by atoms with Crippen molar-refractivity contribution in [2.24, 2.45) is 0 Å². The number of halogens is 4. The van der Waals surface area contributed by atoms with Crippen molar-refractivity contribution in [2.45, 2.75) is 63.2 Å². The van der Waals surface area contributed by atoms with Gasteiger partial charge in [-0.1, -0.05) is 67.1 Å². The third-order valence-electron chi connectivity index (χ3n) is 6.52. The van der Waals surface area contributed by atoms with E-state index in [4.69, 9.17) is 11.6 Å². The second-order valence-electron chi connectivity index (χ2n) is 11.0. The van der Waals surface area contributed by atoms with Crippen LogP contribution in [0, 0.1) is 0 Å². The molecule has 0 heterocycles. The lowest BCUT2D eigenvalue weighted by Crippen LogP contribution is -2.56. The molecule has 0 bridgehead atoms. The van der Waals surface area contributed by atoms with Gasteiger partial charge in [0.2, 0.25) is 11.8 Å². The minimum atomic E-state index is -4.80. The van der Waals surface area contributed by atoms with E-state index in [1.54, 1.807) is 33.8 Å². The van der Waals surface area contributed by atoms with E-state index >= 15 is 0 Å². The molecule has 0 aromatic heterocycles. The summed E-state index contributed by atoms with van der Waals surface area (Å²) < 4.78 is 69.4. The number of nitrogens with one attached hydrogen (secondary N) is 1. The van der Waals surface area contributed by atoms with E-state index in [-0.39, 0.29) is 22.9 Å². The van der Waals surface area contributed by atoms with Gasteiger partial charge in [0.15, 0.2) is 0 Å². The summed E-state index contributed by atoms with van der Waals surface area (Å²) in [7, 11) is -4.58. The van der Waals surface area contributed by atoms with Crippen LogP contribution in [0.15, 0.2) is 83.8 Å². The number of benzene rings is 3. The zero-order valence-corrected chi connectivity index (χ0v) is 25.9. The highest BCUT2D eigenvalue weighted by Gasteiger charge is 2.37. The van der Waals surface area contributed by atoms with Crippen molar-refractivity contribution in [1.29, 1.82) is 0 Å². The molecule has 12 heteroatoms. The summed E-state index contributed by atoms with van der Waals surface area (Å²) >= 11 is 6.29. The summed E-state index contributed by atoms with van der Waals surface area (Å²) in [6.45, 7) is 6.24. The molecular formula is C31H35ClF3N3O4S. The fourth-order valence-corrected chi connectivity index (χ4v) is 6.18. The molecule has 0 saturated carbocycles. The van der Waals surface area contributed by atoms with Crippen LogP contribution < -0.4 is 9.62 Å². The molecule has 43 heavy (non-hydrogen) atoms. The molecule has 1 atom stereocenters. The predicted octanol–water partition coefficient (Wildman–Crippen LogP) is 6.32. The van der Waals surface area contributed by atoms with Crippen molar-refractivity contribution in [3.8, 4) is 0 Å². The van der Waals surface area contributed by atoms with Crippen molar-refractivity contribution in [1.82, 2.24) is 10.2 Å². The molecule has 0 aliphatic rings. The van der Waals surface area contributed by atoms with Gasteiger partial charge in [-0.05, 0) is 69.5 Å². The number of sulfonamides is 1. The average Bonchev–Trinajstić information content (AvgIpc) is 2.93. The number of rotatable bonds is 11. The van der Waals surface area contributed by atoms with E-state index in [2.05, 4.69) is 5.32 Å². The van der Waals surface area contributed by atoms with Crippen molar-refractivity contribution in [2.75, 3.05) is 17.4 Å². The number of carbonyl (C=O) groups is 2. The maximum absolute atomic E-state index is 14.1. The number of hydrogen-bond acceptors (Lipinski definition) is 4. The van der Waals surface area contributed by atoms with Gasteiger partial charge < -0.3 is 10.2 Å². The van der Waals surface area contributed by atoms with Crippen molar-refractivity contribution >= 4 is 39.1 Å². The molecule has 0 fully saturated rings. The smallest absolute Gasteiger partial charge is 0.350 e. The highest BCUT2D eigenvalue weighted by atomic mass is 35.5. The van der Waals surface area contributed by atoms with Gasteiger partial charge in [-0.15, -0.1) is 0 Å². The van der Waals surface area contributed by atoms with Gasteiger partial charge in [0, 0.05) is 12.1 Å². The van der Waals surface area contributed by atoms with E-state index < -0.39 is 57.4 Å². The Hall–Kier alpha value is -3.57. The van der Waals surface area contributed by atoms with Crippen LogP contribution in [0.5, 0.6) is 0 Å². The summed E-state index contributed by atoms with van der Waals surface area (Å²) in [6, 6.07) is 17.5. The lowest BCUT2D eigenvalue weighted by atomic mass is 10.1. The summed E-state index contributed by atoms with van der Waals surface area (Å²) in [5.41, 5.74) is -1.39. The maximum atomic E-state index is 14.1. The van der Waals surface area contributed by atoms with E-state index in [9.17, 15) is 31.2 Å². The van der Waals surface area contributed by atoms with Crippen LogP contribution in [0.25, 0.3) is 0 Å². The molecule has 2 amide bonds. The Balaban J connectivity index is 2.11. The lowest BCUT2D eigenvalue weighted by molar-refractivity contribution is -0.140. The van der Waals surface area contributed by atoms with E-state index in [1.165, 1.54) is 29.2 Å². The van der Waals surface area contributed by atoms with Crippen LogP contribution >= 0.6 is 11.6 Å². The third kappa shape index (κ3) is 8.96. The zero-order valence-electron chi connectivity index (χ0n) is 24.4. The summed E-state index contributed by atoms with van der Waals surface area (Å²) in [5.74, 6) is -1.22. The second-order valence-corrected chi connectivity index (χ2v) is 13.2. The van der Waals surface area contributed by atoms with E-state index in [0.717, 1.165) is 17.7 Å². The summed E-state index contributed by atoms with van der Waals surface area (Å²) in [4.78, 5) is 28.4. The Morgan fingerprint density at radius 1 is 0.930 bits per heavy atom. The van der Waals surface area contributed by atoms with Gasteiger partial charge in [0.1, 0.15) is 12.6 Å². The molecule has 3 aromatic carbocycles. The van der Waals surface area contributed by atoms with E-state index in [0.29, 0.717) is 16.8 Å². The quantitative estimate of drug-likeness (QED) is 0.267. The van der Waals surface area contributed by atoms with E-state index in [1.807, 2.05) is 30.3 Å². The van der Waals surface area contributed by atoms with Gasteiger partial charge in [-0.25, -0.2) is 8.42 Å². The van der Waals surface area contributed by atoms with Crippen LogP contribution in [-0.2, 0) is 32.2 Å². The number of carbonyl (C=O) groups excluding carboxylic acids is 2. The molecule has 0 aliphatic heterocycles. The molecule has 232 valence electrons. The second kappa shape index (κ2) is 13.8. The summed E-state index contributed by atoms with van der Waals surface area (Å²) in [6.07, 6.45) is -4.24. The topological polar surface area (TPSA) is 86.8 Å². The lowest BCUT2D eigenvalue weighted by Gasteiger charge is -2.35. The monoisotopic (exact) mass is 637 g/mol. The first-order valence-corrected chi connectivity index (χ1v) is 15.5. The number of anilines is 1. The third-order valence-corrected chi connectivity index (χ3v) is 8.61. The highest BCUT2D eigenvalue weighted by molar-refractivity contribution is 7.92. The standard InChI is InChI=1S/C31H35ClF3N3O4S/c1-5-26(29(40)36-30(2,3)4)37(19-18-22-12-8-6-9-13-22)28(39)21-38(43(41,42)24-14-10-7-11-15-24)27-20-23(31(33,34)35)16-17-25(27)32/h6-17,20,26H,5,18-19,21H2,1-4H3,(H,36,40). The van der Waals surface area contributed by atoms with Gasteiger partial charge in [0.25, 0.3) is 10.0 Å². The SMILES string of the molecule is CCC(C(=O)NC(C)(C)C)N(CCc1ccccc1)C(=O)CN(c1cc(C(F)(F)F)ccc1Cl)S(=O)(=O)c1ccccc1. The molecule has 7 nitrogen and oxygen atoms in total. The molecule has 0 radical (unpaired) electrons.